The van der Waals surface area contributed by atoms with Crippen molar-refractivity contribution in [2.45, 2.75) is 37.5 Å². The number of halogens is 2. The third-order valence-corrected chi connectivity index (χ3v) is 7.63. The maximum absolute atomic E-state index is 13.6. The molecule has 3 aromatic rings. The first-order chi connectivity index (χ1) is 19.0. The molecule has 3 saturated heterocycles. The Labute approximate surface area is 230 Å². The van der Waals surface area contributed by atoms with E-state index in [9.17, 15) is 9.18 Å². The zero-order chi connectivity index (χ0) is 26.8. The van der Waals surface area contributed by atoms with E-state index in [0.717, 1.165) is 32.5 Å². The Morgan fingerprint density at radius 3 is 2.74 bits per heavy atom. The molecule has 0 spiro atoms. The molecule has 3 aliphatic rings. The number of nitrogens with one attached hydrogen (secondary N) is 2. The van der Waals surface area contributed by atoms with E-state index in [2.05, 4.69) is 25.5 Å². The van der Waals surface area contributed by atoms with E-state index < -0.39 is 5.82 Å². The van der Waals surface area contributed by atoms with Gasteiger partial charge in [0.05, 0.1) is 42.7 Å². The number of aromatic nitrogens is 2. The van der Waals surface area contributed by atoms with Crippen LogP contribution >= 0.6 is 11.6 Å². The molecule has 9 nitrogen and oxygen atoms in total. The highest BCUT2D eigenvalue weighted by Crippen LogP contribution is 2.35. The summed E-state index contributed by atoms with van der Waals surface area (Å²) >= 11 is 5.96. The monoisotopic (exact) mass is 553 g/mol. The number of carbonyl (C=O) groups is 1. The van der Waals surface area contributed by atoms with Gasteiger partial charge in [0.2, 0.25) is 5.91 Å². The van der Waals surface area contributed by atoms with E-state index in [1.807, 2.05) is 6.08 Å². The minimum absolute atomic E-state index is 0.00217. The van der Waals surface area contributed by atoms with Crippen LogP contribution in [0.5, 0.6) is 5.75 Å². The normalized spacial score (nSPS) is 23.0. The minimum atomic E-state index is -0.508. The maximum atomic E-state index is 13.6. The van der Waals surface area contributed by atoms with Crippen LogP contribution in [0.1, 0.15) is 19.3 Å². The van der Waals surface area contributed by atoms with Gasteiger partial charge in [-0.1, -0.05) is 17.7 Å². The smallest absolute Gasteiger partial charge is 0.248 e. The van der Waals surface area contributed by atoms with Crippen LogP contribution in [-0.2, 0) is 14.3 Å². The van der Waals surface area contributed by atoms with Gasteiger partial charge in [-0.15, -0.1) is 0 Å². The lowest BCUT2D eigenvalue weighted by atomic mass is 10.1. The van der Waals surface area contributed by atoms with E-state index in [-0.39, 0.29) is 17.0 Å². The number of amides is 1. The van der Waals surface area contributed by atoms with Gasteiger partial charge >= 0.3 is 0 Å². The number of ether oxygens (including phenoxy) is 3. The standard InChI is InChI=1S/C28H29ClFN5O4/c29-22-10-17(3-6-23(22)30)33-28-21-11-25(26(12-24(21)31-16-32-28)39-20-7-9-37-15-20)34-27(36)2-1-8-35-18-4-5-19(35)14-38-13-18/h1-3,6,10-12,16,18-20H,4-5,7-9,13-15H2,(H,34,36)(H,31,32,33)/b2-1+/t18?,19?,20-/m0/s1. The summed E-state index contributed by atoms with van der Waals surface area (Å²) < 4.78 is 31.0. The lowest BCUT2D eigenvalue weighted by Crippen LogP contribution is -2.45. The minimum Gasteiger partial charge on any atom is -0.486 e. The largest absolute Gasteiger partial charge is 0.486 e. The Bertz CT molecular complexity index is 1380. The lowest BCUT2D eigenvalue weighted by molar-refractivity contribution is -0.112. The lowest BCUT2D eigenvalue weighted by Gasteiger charge is -2.33. The molecule has 2 aromatic carbocycles. The van der Waals surface area contributed by atoms with Crippen LogP contribution in [0.15, 0.2) is 48.8 Å². The molecular weight excluding hydrogens is 525 g/mol. The molecule has 6 rings (SSSR count). The highest BCUT2D eigenvalue weighted by Gasteiger charge is 2.36. The topological polar surface area (TPSA) is 97.8 Å². The Morgan fingerprint density at radius 1 is 1.13 bits per heavy atom. The van der Waals surface area contributed by atoms with E-state index in [0.29, 0.717) is 65.7 Å². The van der Waals surface area contributed by atoms with E-state index in [4.69, 9.17) is 25.8 Å². The molecule has 0 aliphatic carbocycles. The number of morpholine rings is 1. The number of hydrogen-bond acceptors (Lipinski definition) is 8. The van der Waals surface area contributed by atoms with E-state index in [1.54, 1.807) is 24.3 Å². The highest BCUT2D eigenvalue weighted by atomic mass is 35.5. The van der Waals surface area contributed by atoms with E-state index >= 15 is 0 Å². The summed E-state index contributed by atoms with van der Waals surface area (Å²) in [5, 5.41) is 6.79. The van der Waals surface area contributed by atoms with Crippen LogP contribution in [0.4, 0.5) is 21.6 Å². The Balaban J connectivity index is 1.25. The van der Waals surface area contributed by atoms with Crippen LogP contribution in [-0.4, -0.2) is 71.9 Å². The molecule has 1 amide bonds. The summed E-state index contributed by atoms with van der Waals surface area (Å²) in [5.74, 6) is 0.207. The first kappa shape index (κ1) is 25.9. The molecule has 0 radical (unpaired) electrons. The third kappa shape index (κ3) is 5.84. The SMILES string of the molecule is O=C(/C=C/CN1C2CCC1COC2)Nc1cc2c(Nc3ccc(F)c(Cl)c3)ncnc2cc1O[C@H]1CCOC1. The first-order valence-electron chi connectivity index (χ1n) is 13.1. The van der Waals surface area contributed by atoms with Gasteiger partial charge in [-0.3, -0.25) is 9.69 Å². The van der Waals surface area contributed by atoms with Gasteiger partial charge in [-0.05, 0) is 37.1 Å². The van der Waals surface area contributed by atoms with Crippen molar-refractivity contribution in [3.8, 4) is 5.75 Å². The summed E-state index contributed by atoms with van der Waals surface area (Å²) in [5.41, 5.74) is 1.67. The number of benzene rings is 2. The van der Waals surface area contributed by atoms with Gasteiger partial charge < -0.3 is 24.8 Å². The number of nitrogens with zero attached hydrogens (tertiary/aromatic N) is 3. The van der Waals surface area contributed by atoms with Crippen molar-refractivity contribution in [1.82, 2.24) is 14.9 Å². The Hall–Kier alpha value is -3.31. The molecule has 2 unspecified atom stereocenters. The number of anilines is 3. The molecule has 1 aromatic heterocycles. The van der Waals surface area contributed by atoms with Crippen molar-refractivity contribution in [1.29, 1.82) is 0 Å². The molecule has 2 N–H and O–H groups in total. The predicted molar refractivity (Wildman–Crippen MR) is 146 cm³/mol. The first-order valence-corrected chi connectivity index (χ1v) is 13.5. The molecular formula is C28H29ClFN5O4. The van der Waals surface area contributed by atoms with Crippen molar-refractivity contribution in [2.24, 2.45) is 0 Å². The van der Waals surface area contributed by atoms with Crippen LogP contribution in [0.3, 0.4) is 0 Å². The molecule has 4 heterocycles. The zero-order valence-corrected chi connectivity index (χ0v) is 22.0. The quantitative estimate of drug-likeness (QED) is 0.388. The Kier molecular flexibility index (Phi) is 7.60. The molecule has 0 saturated carbocycles. The van der Waals surface area contributed by atoms with Crippen molar-refractivity contribution in [3.63, 3.8) is 0 Å². The van der Waals surface area contributed by atoms with Crippen LogP contribution < -0.4 is 15.4 Å². The summed E-state index contributed by atoms with van der Waals surface area (Å²) in [4.78, 5) is 24.2. The number of hydrogen-bond donors (Lipinski definition) is 2. The highest BCUT2D eigenvalue weighted by molar-refractivity contribution is 6.31. The number of carbonyl (C=O) groups excluding carboxylic acids is 1. The van der Waals surface area contributed by atoms with Crippen molar-refractivity contribution >= 4 is 45.6 Å². The van der Waals surface area contributed by atoms with Gasteiger partial charge in [0, 0.05) is 48.3 Å². The second-order valence-corrected chi connectivity index (χ2v) is 10.4. The summed E-state index contributed by atoms with van der Waals surface area (Å²) in [6, 6.07) is 8.74. The molecule has 11 heteroatoms. The van der Waals surface area contributed by atoms with Crippen LogP contribution in [0.2, 0.25) is 5.02 Å². The predicted octanol–water partition coefficient (Wildman–Crippen LogP) is 4.69. The molecule has 3 atom stereocenters. The van der Waals surface area contributed by atoms with Gasteiger partial charge in [0.25, 0.3) is 0 Å². The molecule has 3 fully saturated rings. The van der Waals surface area contributed by atoms with Gasteiger partial charge in [-0.25, -0.2) is 14.4 Å². The van der Waals surface area contributed by atoms with Crippen molar-refractivity contribution in [3.05, 3.63) is 59.7 Å². The fraction of sp³-hybridized carbons (Fsp3) is 0.393. The van der Waals surface area contributed by atoms with Crippen LogP contribution in [0, 0.1) is 5.82 Å². The maximum Gasteiger partial charge on any atom is 0.248 e. The third-order valence-electron chi connectivity index (χ3n) is 7.34. The summed E-state index contributed by atoms with van der Waals surface area (Å²) in [7, 11) is 0. The molecule has 2 bridgehead atoms. The molecule has 204 valence electrons. The second kappa shape index (κ2) is 11.4. The van der Waals surface area contributed by atoms with Gasteiger partial charge in [0.15, 0.2) is 0 Å². The van der Waals surface area contributed by atoms with Gasteiger partial charge in [0.1, 0.15) is 29.8 Å². The van der Waals surface area contributed by atoms with Gasteiger partial charge in [-0.2, -0.15) is 0 Å². The zero-order valence-electron chi connectivity index (χ0n) is 21.2. The van der Waals surface area contributed by atoms with E-state index in [1.165, 1.54) is 18.5 Å². The van der Waals surface area contributed by atoms with Crippen molar-refractivity contribution in [2.75, 3.05) is 43.6 Å². The Morgan fingerprint density at radius 2 is 1.97 bits per heavy atom. The average Bonchev–Trinajstić information content (AvgIpc) is 3.50. The second-order valence-electron chi connectivity index (χ2n) is 9.96. The molecule has 3 aliphatic heterocycles. The summed E-state index contributed by atoms with van der Waals surface area (Å²) in [6.45, 7) is 3.32. The fourth-order valence-electron chi connectivity index (χ4n) is 5.34. The fourth-order valence-corrected chi connectivity index (χ4v) is 5.52. The summed E-state index contributed by atoms with van der Waals surface area (Å²) in [6.07, 6.45) is 7.79. The molecule has 39 heavy (non-hydrogen) atoms. The van der Waals surface area contributed by atoms with Crippen molar-refractivity contribution < 1.29 is 23.4 Å². The van der Waals surface area contributed by atoms with Crippen LogP contribution in [0.25, 0.3) is 10.9 Å². The number of fused-ring (bicyclic) bond motifs is 3. The number of rotatable bonds is 8. The average molecular weight is 554 g/mol.